The van der Waals surface area contributed by atoms with Gasteiger partial charge in [0.25, 0.3) is 0 Å². The van der Waals surface area contributed by atoms with Crippen molar-refractivity contribution in [2.24, 2.45) is 0 Å². The van der Waals surface area contributed by atoms with E-state index in [0.717, 1.165) is 27.8 Å². The lowest BCUT2D eigenvalue weighted by Gasteiger charge is -2.08. The Hall–Kier alpha value is -2.35. The van der Waals surface area contributed by atoms with Crippen molar-refractivity contribution >= 4 is 10.8 Å². The van der Waals surface area contributed by atoms with E-state index >= 15 is 0 Å². The van der Waals surface area contributed by atoms with Crippen LogP contribution >= 0.6 is 0 Å². The third kappa shape index (κ3) is 2.69. The molecule has 112 valence electrons. The normalized spacial score (nSPS) is 10.9. The number of hydrogen-bond acceptors (Lipinski definition) is 1. The minimum Gasteiger partial charge on any atom is -0.494 e. The van der Waals surface area contributed by atoms with E-state index in [4.69, 9.17) is 4.74 Å². The smallest absolute Gasteiger partial charge is 0.134 e. The van der Waals surface area contributed by atoms with E-state index in [1.54, 1.807) is 0 Å². The van der Waals surface area contributed by atoms with Crippen molar-refractivity contribution in [3.8, 4) is 16.9 Å². The van der Waals surface area contributed by atoms with Crippen molar-refractivity contribution in [2.75, 3.05) is 6.61 Å². The number of rotatable bonds is 4. The molecule has 0 aliphatic heterocycles. The first-order valence-corrected chi connectivity index (χ1v) is 7.67. The number of hydrogen-bond donors (Lipinski definition) is 0. The highest BCUT2D eigenvalue weighted by atomic mass is 19.1. The Morgan fingerprint density at radius 1 is 0.864 bits per heavy atom. The highest BCUT2D eigenvalue weighted by Gasteiger charge is 2.07. The minimum atomic E-state index is -0.0988. The van der Waals surface area contributed by atoms with Crippen LogP contribution in [0.15, 0.2) is 54.6 Å². The lowest BCUT2D eigenvalue weighted by Crippen LogP contribution is -1.91. The van der Waals surface area contributed by atoms with Crippen LogP contribution in [-0.2, 0) is 6.42 Å². The maximum absolute atomic E-state index is 14.3. The van der Waals surface area contributed by atoms with E-state index in [-0.39, 0.29) is 5.82 Å². The summed E-state index contributed by atoms with van der Waals surface area (Å²) in [6, 6.07) is 17.7. The Balaban J connectivity index is 2.01. The van der Waals surface area contributed by atoms with Crippen LogP contribution in [0, 0.1) is 5.82 Å². The van der Waals surface area contributed by atoms with Gasteiger partial charge >= 0.3 is 0 Å². The molecule has 0 aliphatic rings. The molecule has 0 bridgehead atoms. The Bertz CT molecular complexity index is 791. The molecule has 3 aromatic rings. The predicted molar refractivity (Wildman–Crippen MR) is 89.9 cm³/mol. The monoisotopic (exact) mass is 294 g/mol. The van der Waals surface area contributed by atoms with Gasteiger partial charge in [0.2, 0.25) is 0 Å². The van der Waals surface area contributed by atoms with Crippen LogP contribution in [0.3, 0.4) is 0 Å². The van der Waals surface area contributed by atoms with Crippen LogP contribution in [-0.4, -0.2) is 6.61 Å². The van der Waals surface area contributed by atoms with E-state index < -0.39 is 0 Å². The van der Waals surface area contributed by atoms with E-state index in [1.807, 2.05) is 68.4 Å². The van der Waals surface area contributed by atoms with Gasteiger partial charge < -0.3 is 4.74 Å². The summed E-state index contributed by atoms with van der Waals surface area (Å²) in [4.78, 5) is 0. The predicted octanol–water partition coefficient (Wildman–Crippen LogP) is 5.61. The van der Waals surface area contributed by atoms with Gasteiger partial charge in [0.15, 0.2) is 0 Å². The molecule has 0 spiro atoms. The van der Waals surface area contributed by atoms with E-state index in [0.29, 0.717) is 18.4 Å². The summed E-state index contributed by atoms with van der Waals surface area (Å²) < 4.78 is 19.8. The number of halogens is 1. The Morgan fingerprint density at radius 3 is 2.27 bits per heavy atom. The van der Waals surface area contributed by atoms with Crippen molar-refractivity contribution < 1.29 is 9.13 Å². The molecule has 2 heteroatoms. The molecule has 3 aromatic carbocycles. The third-order valence-electron chi connectivity index (χ3n) is 3.91. The second-order valence-electron chi connectivity index (χ2n) is 5.29. The summed E-state index contributed by atoms with van der Waals surface area (Å²) in [5, 5.41) is 1.62. The highest BCUT2D eigenvalue weighted by molar-refractivity contribution is 5.88. The lowest BCUT2D eigenvalue weighted by molar-refractivity contribution is 0.340. The molecule has 0 amide bonds. The molecule has 22 heavy (non-hydrogen) atoms. The summed E-state index contributed by atoms with van der Waals surface area (Å²) >= 11 is 0. The maximum atomic E-state index is 14.3. The van der Waals surface area contributed by atoms with Gasteiger partial charge in [-0.1, -0.05) is 43.3 Å². The zero-order valence-electron chi connectivity index (χ0n) is 12.9. The molecule has 0 radical (unpaired) electrons. The van der Waals surface area contributed by atoms with Gasteiger partial charge in [-0.3, -0.25) is 0 Å². The molecule has 1 nitrogen and oxygen atoms in total. The van der Waals surface area contributed by atoms with Crippen LogP contribution < -0.4 is 4.74 Å². The Labute approximate surface area is 130 Å². The van der Waals surface area contributed by atoms with Crippen molar-refractivity contribution in [1.29, 1.82) is 0 Å². The van der Waals surface area contributed by atoms with Crippen LogP contribution in [0.2, 0.25) is 0 Å². The van der Waals surface area contributed by atoms with Gasteiger partial charge in [-0.2, -0.15) is 0 Å². The van der Waals surface area contributed by atoms with Crippen LogP contribution in [0.5, 0.6) is 5.75 Å². The molecule has 0 saturated heterocycles. The molecule has 0 fully saturated rings. The standard InChI is InChI=1S/C20H19FO/c1-3-14-5-6-17-13-16(9-12-19(17)20(14)21)15-7-10-18(11-8-15)22-4-2/h5-13H,3-4H2,1-2H3. The first-order chi connectivity index (χ1) is 10.7. The molecule has 0 saturated carbocycles. The fourth-order valence-electron chi connectivity index (χ4n) is 2.70. The zero-order chi connectivity index (χ0) is 15.5. The summed E-state index contributed by atoms with van der Waals surface area (Å²) in [7, 11) is 0. The second kappa shape index (κ2) is 6.18. The number of benzene rings is 3. The first kappa shape index (κ1) is 14.6. The van der Waals surface area contributed by atoms with Gasteiger partial charge in [0.05, 0.1) is 6.61 Å². The lowest BCUT2D eigenvalue weighted by atomic mass is 9.99. The van der Waals surface area contributed by atoms with E-state index in [2.05, 4.69) is 0 Å². The van der Waals surface area contributed by atoms with Crippen LogP contribution in [0.4, 0.5) is 4.39 Å². The largest absolute Gasteiger partial charge is 0.494 e. The van der Waals surface area contributed by atoms with Crippen LogP contribution in [0.1, 0.15) is 19.4 Å². The van der Waals surface area contributed by atoms with Gasteiger partial charge in [-0.25, -0.2) is 4.39 Å². The fraction of sp³-hybridized carbons (Fsp3) is 0.200. The van der Waals surface area contributed by atoms with Crippen molar-refractivity contribution in [1.82, 2.24) is 0 Å². The minimum absolute atomic E-state index is 0.0988. The molecule has 0 aliphatic carbocycles. The molecular formula is C20H19FO. The average Bonchev–Trinajstić information content (AvgIpc) is 2.56. The van der Waals surface area contributed by atoms with Gasteiger partial charge in [-0.15, -0.1) is 0 Å². The molecular weight excluding hydrogens is 275 g/mol. The summed E-state index contributed by atoms with van der Waals surface area (Å²) in [5.41, 5.74) is 2.95. The van der Waals surface area contributed by atoms with Gasteiger partial charge in [0.1, 0.15) is 11.6 Å². The van der Waals surface area contributed by atoms with Crippen molar-refractivity contribution in [2.45, 2.75) is 20.3 Å². The van der Waals surface area contributed by atoms with Crippen LogP contribution in [0.25, 0.3) is 21.9 Å². The molecule has 0 N–H and O–H groups in total. The quantitative estimate of drug-likeness (QED) is 0.608. The van der Waals surface area contributed by atoms with E-state index in [1.165, 1.54) is 0 Å². The van der Waals surface area contributed by atoms with Crippen molar-refractivity contribution in [3.05, 3.63) is 66.0 Å². The summed E-state index contributed by atoms with van der Waals surface area (Å²) in [6.45, 7) is 4.60. The van der Waals surface area contributed by atoms with E-state index in [9.17, 15) is 4.39 Å². The molecule has 0 heterocycles. The number of aryl methyl sites for hydroxylation is 1. The van der Waals surface area contributed by atoms with Crippen molar-refractivity contribution in [3.63, 3.8) is 0 Å². The fourth-order valence-corrected chi connectivity index (χ4v) is 2.70. The zero-order valence-corrected chi connectivity index (χ0v) is 12.9. The first-order valence-electron chi connectivity index (χ1n) is 7.67. The number of ether oxygens (including phenoxy) is 1. The topological polar surface area (TPSA) is 9.23 Å². The molecule has 0 unspecified atom stereocenters. The third-order valence-corrected chi connectivity index (χ3v) is 3.91. The SMILES string of the molecule is CCOc1ccc(-c2ccc3c(F)c(CC)ccc3c2)cc1. The second-order valence-corrected chi connectivity index (χ2v) is 5.29. The van der Waals surface area contributed by atoms with Gasteiger partial charge in [-0.05, 0) is 53.6 Å². The summed E-state index contributed by atoms with van der Waals surface area (Å²) in [6.07, 6.45) is 0.711. The highest BCUT2D eigenvalue weighted by Crippen LogP contribution is 2.28. The molecule has 0 atom stereocenters. The van der Waals surface area contributed by atoms with Gasteiger partial charge in [0, 0.05) is 5.39 Å². The number of fused-ring (bicyclic) bond motifs is 1. The molecule has 0 aromatic heterocycles. The molecule has 3 rings (SSSR count). The summed E-state index contributed by atoms with van der Waals surface area (Å²) in [5.74, 6) is 0.768. The average molecular weight is 294 g/mol. The maximum Gasteiger partial charge on any atom is 0.134 e. The Morgan fingerprint density at radius 2 is 1.59 bits per heavy atom. The Kier molecular flexibility index (Phi) is 4.10.